The van der Waals surface area contributed by atoms with Crippen LogP contribution in [0.4, 0.5) is 10.5 Å². The number of anilines is 1. The van der Waals surface area contributed by atoms with Crippen molar-refractivity contribution in [2.45, 2.75) is 25.3 Å². The summed E-state index contributed by atoms with van der Waals surface area (Å²) in [7, 11) is -3.63. The average molecular weight is 362 g/mol. The number of urea groups is 1. The Morgan fingerprint density at radius 2 is 1.88 bits per heavy atom. The number of carbonyl (C=O) groups is 1. The van der Waals surface area contributed by atoms with E-state index in [4.69, 9.17) is 0 Å². The summed E-state index contributed by atoms with van der Waals surface area (Å²) >= 11 is 0. The summed E-state index contributed by atoms with van der Waals surface area (Å²) in [5.41, 5.74) is 1.29. The Morgan fingerprint density at radius 3 is 2.48 bits per heavy atom. The first-order valence-electron chi connectivity index (χ1n) is 7.90. The smallest absolute Gasteiger partial charge is 0.319 e. The summed E-state index contributed by atoms with van der Waals surface area (Å²) in [6.07, 6.45) is 3.23. The van der Waals surface area contributed by atoms with Gasteiger partial charge in [-0.15, -0.1) is 0 Å². The molecular weight excluding hydrogens is 340 g/mol. The van der Waals surface area contributed by atoms with Gasteiger partial charge < -0.3 is 10.6 Å². The molecule has 1 heterocycles. The molecule has 0 saturated heterocycles. The van der Waals surface area contributed by atoms with Crippen molar-refractivity contribution in [1.82, 2.24) is 15.0 Å². The first-order valence-corrected chi connectivity index (χ1v) is 9.38. The Hall–Kier alpha value is -2.45. The highest BCUT2D eigenvalue weighted by Crippen LogP contribution is 2.14. The minimum atomic E-state index is -3.63. The molecule has 8 heteroatoms. The summed E-state index contributed by atoms with van der Waals surface area (Å²) < 4.78 is 27.1. The highest BCUT2D eigenvalue weighted by Gasteiger charge is 2.14. The van der Waals surface area contributed by atoms with Gasteiger partial charge in [0.05, 0.1) is 4.90 Å². The van der Waals surface area contributed by atoms with Crippen LogP contribution in [-0.4, -0.2) is 26.0 Å². The molecule has 2 rings (SSSR count). The molecule has 7 nitrogen and oxygen atoms in total. The third-order valence-corrected chi connectivity index (χ3v) is 4.70. The van der Waals surface area contributed by atoms with Crippen molar-refractivity contribution < 1.29 is 13.2 Å². The van der Waals surface area contributed by atoms with Gasteiger partial charge in [-0.05, 0) is 41.8 Å². The van der Waals surface area contributed by atoms with Crippen LogP contribution >= 0.6 is 0 Å². The predicted octanol–water partition coefficient (Wildman–Crippen LogP) is 2.34. The normalized spacial score (nSPS) is 11.3. The fraction of sp³-hybridized carbons (Fsp3) is 0.294. The Labute approximate surface area is 147 Å². The molecule has 0 aliphatic carbocycles. The highest BCUT2D eigenvalue weighted by molar-refractivity contribution is 7.89. The Bertz CT molecular complexity index is 790. The molecule has 0 saturated carbocycles. The number of hydrogen-bond acceptors (Lipinski definition) is 4. The van der Waals surface area contributed by atoms with Gasteiger partial charge in [-0.2, -0.15) is 0 Å². The number of benzene rings is 1. The van der Waals surface area contributed by atoms with E-state index in [1.165, 1.54) is 12.1 Å². The number of amides is 2. The van der Waals surface area contributed by atoms with Gasteiger partial charge in [-0.3, -0.25) is 4.98 Å². The van der Waals surface area contributed by atoms with E-state index in [-0.39, 0.29) is 17.5 Å². The molecule has 1 aromatic carbocycles. The summed E-state index contributed by atoms with van der Waals surface area (Å²) in [6, 6.07) is 9.21. The fourth-order valence-corrected chi connectivity index (χ4v) is 2.97. The molecule has 134 valence electrons. The van der Waals surface area contributed by atoms with Crippen molar-refractivity contribution in [1.29, 1.82) is 0 Å². The van der Waals surface area contributed by atoms with Crippen LogP contribution in [0.5, 0.6) is 0 Å². The number of hydrogen-bond donors (Lipinski definition) is 3. The quantitative estimate of drug-likeness (QED) is 0.704. The van der Waals surface area contributed by atoms with Gasteiger partial charge in [-0.1, -0.05) is 19.9 Å². The van der Waals surface area contributed by atoms with Crippen molar-refractivity contribution in [3.63, 3.8) is 0 Å². The van der Waals surface area contributed by atoms with E-state index in [0.717, 1.165) is 5.56 Å². The predicted molar refractivity (Wildman–Crippen MR) is 96.6 cm³/mol. The van der Waals surface area contributed by atoms with Gasteiger partial charge >= 0.3 is 6.03 Å². The molecule has 25 heavy (non-hydrogen) atoms. The van der Waals surface area contributed by atoms with E-state index in [1.54, 1.807) is 36.7 Å². The first kappa shape index (κ1) is 18.9. The molecule has 0 bridgehead atoms. The van der Waals surface area contributed by atoms with Gasteiger partial charge in [0.15, 0.2) is 0 Å². The lowest BCUT2D eigenvalue weighted by atomic mass is 10.2. The molecule has 2 amide bonds. The minimum Gasteiger partial charge on any atom is -0.338 e. The SMILES string of the molecule is CC(C)CNC(=O)Nc1ccc(S(=O)(=O)NCc2cccnc2)cc1. The topological polar surface area (TPSA) is 100 Å². The zero-order valence-corrected chi connectivity index (χ0v) is 15.0. The van der Waals surface area contributed by atoms with Gasteiger partial charge in [0, 0.05) is 31.2 Å². The van der Waals surface area contributed by atoms with Crippen LogP contribution in [0.25, 0.3) is 0 Å². The van der Waals surface area contributed by atoms with Crippen molar-refractivity contribution in [3.8, 4) is 0 Å². The minimum absolute atomic E-state index is 0.129. The molecule has 0 spiro atoms. The van der Waals surface area contributed by atoms with Crippen molar-refractivity contribution >= 4 is 21.7 Å². The number of sulfonamides is 1. The van der Waals surface area contributed by atoms with E-state index in [2.05, 4.69) is 20.3 Å². The van der Waals surface area contributed by atoms with E-state index >= 15 is 0 Å². The third kappa shape index (κ3) is 6.17. The summed E-state index contributed by atoms with van der Waals surface area (Å²) in [5, 5.41) is 5.39. The maximum atomic E-state index is 12.3. The van der Waals surface area contributed by atoms with E-state index < -0.39 is 10.0 Å². The Balaban J connectivity index is 1.95. The number of aromatic nitrogens is 1. The van der Waals surface area contributed by atoms with Crippen LogP contribution in [0.3, 0.4) is 0 Å². The monoisotopic (exact) mass is 362 g/mol. The van der Waals surface area contributed by atoms with Crippen molar-refractivity contribution in [3.05, 3.63) is 54.4 Å². The summed E-state index contributed by atoms with van der Waals surface area (Å²) in [6.45, 7) is 4.72. The summed E-state index contributed by atoms with van der Waals surface area (Å²) in [5.74, 6) is 0.351. The standard InChI is InChI=1S/C17H22N4O3S/c1-13(2)10-19-17(22)21-15-5-7-16(8-6-15)25(23,24)20-12-14-4-3-9-18-11-14/h3-9,11,13,20H,10,12H2,1-2H3,(H2,19,21,22). The lowest BCUT2D eigenvalue weighted by Crippen LogP contribution is -2.31. The number of rotatable bonds is 7. The van der Waals surface area contributed by atoms with E-state index in [9.17, 15) is 13.2 Å². The molecule has 0 atom stereocenters. The second-order valence-corrected chi connectivity index (χ2v) is 7.71. The Kier molecular flexibility index (Phi) is 6.49. The molecule has 0 aliphatic heterocycles. The lowest BCUT2D eigenvalue weighted by Gasteiger charge is -2.10. The van der Waals surface area contributed by atoms with E-state index in [1.807, 2.05) is 13.8 Å². The number of pyridine rings is 1. The second-order valence-electron chi connectivity index (χ2n) is 5.94. The van der Waals surface area contributed by atoms with Crippen LogP contribution in [-0.2, 0) is 16.6 Å². The van der Waals surface area contributed by atoms with Crippen LogP contribution in [0, 0.1) is 5.92 Å². The van der Waals surface area contributed by atoms with Crippen LogP contribution in [0.1, 0.15) is 19.4 Å². The van der Waals surface area contributed by atoms with Gasteiger partial charge in [0.25, 0.3) is 0 Å². The zero-order valence-electron chi connectivity index (χ0n) is 14.2. The summed E-state index contributed by atoms with van der Waals surface area (Å²) in [4.78, 5) is 15.8. The van der Waals surface area contributed by atoms with Gasteiger partial charge in [0.1, 0.15) is 0 Å². The molecular formula is C17H22N4O3S. The molecule has 1 aromatic heterocycles. The van der Waals surface area contributed by atoms with Gasteiger partial charge in [-0.25, -0.2) is 17.9 Å². The number of nitrogens with one attached hydrogen (secondary N) is 3. The van der Waals surface area contributed by atoms with Crippen LogP contribution < -0.4 is 15.4 Å². The lowest BCUT2D eigenvalue weighted by molar-refractivity contribution is 0.251. The number of carbonyl (C=O) groups excluding carboxylic acids is 1. The largest absolute Gasteiger partial charge is 0.338 e. The third-order valence-electron chi connectivity index (χ3n) is 3.28. The second kappa shape index (κ2) is 8.59. The molecule has 0 unspecified atom stereocenters. The molecule has 0 aliphatic rings. The van der Waals surface area contributed by atoms with Crippen molar-refractivity contribution in [2.75, 3.05) is 11.9 Å². The fourth-order valence-electron chi connectivity index (χ4n) is 1.95. The Morgan fingerprint density at radius 1 is 1.16 bits per heavy atom. The zero-order chi connectivity index (χ0) is 18.3. The van der Waals surface area contributed by atoms with Crippen molar-refractivity contribution in [2.24, 2.45) is 5.92 Å². The molecule has 3 N–H and O–H groups in total. The highest BCUT2D eigenvalue weighted by atomic mass is 32.2. The molecule has 2 aromatic rings. The molecule has 0 fully saturated rings. The van der Waals surface area contributed by atoms with Gasteiger partial charge in [0.2, 0.25) is 10.0 Å². The maximum absolute atomic E-state index is 12.3. The van der Waals surface area contributed by atoms with Crippen LogP contribution in [0.2, 0.25) is 0 Å². The van der Waals surface area contributed by atoms with Crippen LogP contribution in [0.15, 0.2) is 53.7 Å². The average Bonchev–Trinajstić information content (AvgIpc) is 2.60. The first-order chi connectivity index (χ1) is 11.9. The van der Waals surface area contributed by atoms with E-state index in [0.29, 0.717) is 18.2 Å². The number of nitrogens with zero attached hydrogens (tertiary/aromatic N) is 1. The maximum Gasteiger partial charge on any atom is 0.319 e. The molecule has 0 radical (unpaired) electrons.